The Morgan fingerprint density at radius 3 is 2.74 bits per heavy atom. The average Bonchev–Trinajstić information content (AvgIpc) is 3.42. The van der Waals surface area contributed by atoms with E-state index >= 15 is 0 Å². The van der Waals surface area contributed by atoms with E-state index in [1.807, 2.05) is 12.1 Å². The number of nitrogens with one attached hydrogen (secondary N) is 1. The van der Waals surface area contributed by atoms with Crippen LogP contribution in [0, 0.1) is 29.5 Å². The van der Waals surface area contributed by atoms with Gasteiger partial charge in [-0.1, -0.05) is 37.6 Å². The highest BCUT2D eigenvalue weighted by Crippen LogP contribution is 2.39. The molecule has 0 fully saturated rings. The molecule has 1 aliphatic rings. The van der Waals surface area contributed by atoms with Gasteiger partial charge >= 0.3 is 0 Å². The topological polar surface area (TPSA) is 64.1 Å². The summed E-state index contributed by atoms with van der Waals surface area (Å²) < 4.78 is 25.3. The van der Waals surface area contributed by atoms with Gasteiger partial charge in [0.15, 0.2) is 0 Å². The van der Waals surface area contributed by atoms with Crippen LogP contribution >= 0.6 is 0 Å². The molecule has 1 N–H and O–H groups in total. The Balaban J connectivity index is 1.43. The molecule has 0 spiro atoms. The third-order valence-electron chi connectivity index (χ3n) is 6.34. The molecule has 164 valence electrons. The number of furan rings is 1. The maximum Gasteiger partial charge on any atom is 0.250 e. The van der Waals surface area contributed by atoms with Crippen LogP contribution in [0.3, 0.4) is 0 Å². The first kappa shape index (κ1) is 21.5. The summed E-state index contributed by atoms with van der Waals surface area (Å²) >= 11 is 0. The van der Waals surface area contributed by atoms with Gasteiger partial charge in [-0.2, -0.15) is 0 Å². The Kier molecular flexibility index (Phi) is 6.66. The Hall–Kier alpha value is -2.73. The number of aromatic nitrogens is 2. The van der Waals surface area contributed by atoms with Crippen LogP contribution in [0.15, 0.2) is 63.1 Å². The minimum Gasteiger partial charge on any atom is -0.468 e. The zero-order valence-electron chi connectivity index (χ0n) is 18.3. The number of allylic oxidation sites excluding steroid dienone is 1. The van der Waals surface area contributed by atoms with Crippen LogP contribution in [0.5, 0.6) is 0 Å². The van der Waals surface area contributed by atoms with Crippen LogP contribution in [0.25, 0.3) is 11.5 Å². The first-order valence-electron chi connectivity index (χ1n) is 11.0. The van der Waals surface area contributed by atoms with Crippen molar-refractivity contribution in [1.82, 2.24) is 15.5 Å². The van der Waals surface area contributed by atoms with Crippen molar-refractivity contribution in [2.75, 3.05) is 6.54 Å². The quantitative estimate of drug-likeness (QED) is 0.474. The van der Waals surface area contributed by atoms with Gasteiger partial charge in [0, 0.05) is 13.0 Å². The maximum atomic E-state index is 14.0. The monoisotopic (exact) mass is 423 g/mol. The van der Waals surface area contributed by atoms with Gasteiger partial charge in [0.25, 0.3) is 5.89 Å². The summed E-state index contributed by atoms with van der Waals surface area (Å²) in [4.78, 5) is 0. The van der Waals surface area contributed by atoms with Gasteiger partial charge in [0.2, 0.25) is 5.89 Å². The summed E-state index contributed by atoms with van der Waals surface area (Å²) in [5.74, 6) is 3.36. The highest BCUT2D eigenvalue weighted by atomic mass is 19.1. The smallest absolute Gasteiger partial charge is 0.250 e. The summed E-state index contributed by atoms with van der Waals surface area (Å²) in [6.45, 7) is 8.43. The molecule has 0 bridgehead atoms. The molecule has 0 aliphatic heterocycles. The minimum atomic E-state index is -0.351. The van der Waals surface area contributed by atoms with E-state index in [2.05, 4.69) is 42.4 Å². The van der Waals surface area contributed by atoms with Crippen LogP contribution in [-0.2, 0) is 13.0 Å². The molecule has 3 atom stereocenters. The van der Waals surface area contributed by atoms with Gasteiger partial charge in [0.1, 0.15) is 11.6 Å². The highest BCUT2D eigenvalue weighted by molar-refractivity contribution is 5.53. The second-order valence-corrected chi connectivity index (χ2v) is 8.81. The van der Waals surface area contributed by atoms with Gasteiger partial charge in [0.05, 0.1) is 18.4 Å². The second-order valence-electron chi connectivity index (χ2n) is 8.81. The third-order valence-corrected chi connectivity index (χ3v) is 6.34. The summed E-state index contributed by atoms with van der Waals surface area (Å²) in [6, 6.07) is 10.4. The van der Waals surface area contributed by atoms with E-state index in [1.54, 1.807) is 24.5 Å². The predicted octanol–water partition coefficient (Wildman–Crippen LogP) is 5.66. The Labute approximate surface area is 182 Å². The zero-order valence-corrected chi connectivity index (χ0v) is 18.3. The molecule has 0 amide bonds. The maximum absolute atomic E-state index is 14.0. The predicted molar refractivity (Wildman–Crippen MR) is 117 cm³/mol. The molecule has 0 saturated heterocycles. The van der Waals surface area contributed by atoms with Gasteiger partial charge in [-0.3, -0.25) is 0 Å². The number of nitrogens with zero attached hydrogens (tertiary/aromatic N) is 2. The molecule has 31 heavy (non-hydrogen) atoms. The number of rotatable bonds is 8. The zero-order chi connectivity index (χ0) is 21.8. The van der Waals surface area contributed by atoms with Gasteiger partial charge in [-0.05, 0) is 61.3 Å². The molecule has 0 unspecified atom stereocenters. The van der Waals surface area contributed by atoms with E-state index in [9.17, 15) is 4.39 Å². The van der Waals surface area contributed by atoms with Crippen LogP contribution in [0.1, 0.15) is 38.8 Å². The number of hydrogen-bond donors (Lipinski definition) is 1. The van der Waals surface area contributed by atoms with Crippen LogP contribution < -0.4 is 5.32 Å². The summed E-state index contributed by atoms with van der Waals surface area (Å²) in [5.41, 5.74) is 1.70. The van der Waals surface area contributed by atoms with E-state index in [-0.39, 0.29) is 11.7 Å². The number of halogens is 1. The average molecular weight is 424 g/mol. The molecule has 1 aliphatic carbocycles. The Bertz CT molecular complexity index is 1010. The molecule has 4 rings (SSSR count). The lowest BCUT2D eigenvalue weighted by molar-refractivity contribution is 0.217. The van der Waals surface area contributed by atoms with Crippen molar-refractivity contribution in [2.45, 2.75) is 40.2 Å². The summed E-state index contributed by atoms with van der Waals surface area (Å²) in [7, 11) is 0. The van der Waals surface area contributed by atoms with Crippen molar-refractivity contribution >= 4 is 0 Å². The van der Waals surface area contributed by atoms with Crippen LogP contribution in [-0.4, -0.2) is 16.7 Å². The summed E-state index contributed by atoms with van der Waals surface area (Å²) in [5, 5.41) is 11.8. The third kappa shape index (κ3) is 5.13. The second kappa shape index (κ2) is 9.60. The van der Waals surface area contributed by atoms with Gasteiger partial charge in [-0.15, -0.1) is 10.2 Å². The number of benzene rings is 1. The number of hydrogen-bond acceptors (Lipinski definition) is 5. The molecule has 1 aromatic carbocycles. The van der Waals surface area contributed by atoms with Crippen LogP contribution in [0.4, 0.5) is 4.39 Å². The largest absolute Gasteiger partial charge is 0.468 e. The first-order valence-corrected chi connectivity index (χ1v) is 11.0. The summed E-state index contributed by atoms with van der Waals surface area (Å²) in [6.07, 6.45) is 5.87. The molecule has 0 saturated carbocycles. The standard InChI is InChI=1S/C25H30FN3O2/c1-16(2)22-12-18(17(3)11-19(22)14-27-15-20-7-6-10-30-20)13-24-28-29-25(31-24)21-8-4-5-9-23(21)26/h4-11,16,18-19,22,27H,12-15H2,1-3H3/t18-,19-,22-/m0/s1. The SMILES string of the molecule is CC1=C[C@@H](CNCc2ccco2)[C@H](C(C)C)C[C@H]1Cc1nnc(-c2ccccc2F)o1. The van der Waals surface area contributed by atoms with E-state index in [4.69, 9.17) is 8.83 Å². The Morgan fingerprint density at radius 1 is 1.16 bits per heavy atom. The lowest BCUT2D eigenvalue weighted by Crippen LogP contribution is -2.34. The molecule has 6 heteroatoms. The van der Waals surface area contributed by atoms with Crippen molar-refractivity contribution in [3.05, 3.63) is 71.8 Å². The Morgan fingerprint density at radius 2 is 2.00 bits per heavy atom. The first-order chi connectivity index (χ1) is 15.0. The van der Waals surface area contributed by atoms with E-state index in [0.29, 0.717) is 41.5 Å². The molecule has 3 aromatic rings. The molecule has 5 nitrogen and oxygen atoms in total. The molecule has 2 heterocycles. The highest BCUT2D eigenvalue weighted by Gasteiger charge is 2.32. The lowest BCUT2D eigenvalue weighted by Gasteiger charge is -2.37. The molecule has 0 radical (unpaired) electrons. The fourth-order valence-corrected chi connectivity index (χ4v) is 4.57. The van der Waals surface area contributed by atoms with Crippen molar-refractivity contribution in [1.29, 1.82) is 0 Å². The van der Waals surface area contributed by atoms with Crippen molar-refractivity contribution in [3.63, 3.8) is 0 Å². The fourth-order valence-electron chi connectivity index (χ4n) is 4.57. The van der Waals surface area contributed by atoms with E-state index < -0.39 is 0 Å². The van der Waals surface area contributed by atoms with Gasteiger partial charge < -0.3 is 14.2 Å². The minimum absolute atomic E-state index is 0.242. The van der Waals surface area contributed by atoms with Crippen molar-refractivity contribution in [3.8, 4) is 11.5 Å². The molecule has 2 aromatic heterocycles. The molecular weight excluding hydrogens is 393 g/mol. The normalized spacial score (nSPS) is 21.5. The van der Waals surface area contributed by atoms with E-state index in [0.717, 1.165) is 25.3 Å². The van der Waals surface area contributed by atoms with Gasteiger partial charge in [-0.25, -0.2) is 4.39 Å². The van der Waals surface area contributed by atoms with Crippen molar-refractivity contribution in [2.24, 2.45) is 23.7 Å². The lowest BCUT2D eigenvalue weighted by atomic mass is 9.70. The molecular formula is C25H30FN3O2. The fraction of sp³-hybridized carbons (Fsp3) is 0.440. The van der Waals surface area contributed by atoms with Crippen LogP contribution in [0.2, 0.25) is 0 Å². The van der Waals surface area contributed by atoms with Crippen molar-refractivity contribution < 1.29 is 13.2 Å². The van der Waals surface area contributed by atoms with E-state index in [1.165, 1.54) is 11.6 Å².